The van der Waals surface area contributed by atoms with Crippen LogP contribution in [0.15, 0.2) is 23.8 Å². The van der Waals surface area contributed by atoms with E-state index in [1.165, 1.54) is 9.47 Å². The zero-order valence-electron chi connectivity index (χ0n) is 15.1. The zero-order chi connectivity index (χ0) is 20.6. The number of hydrogen-bond donors (Lipinski definition) is 1. The summed E-state index contributed by atoms with van der Waals surface area (Å²) in [6.07, 6.45) is -0.521. The lowest BCUT2D eigenvalue weighted by molar-refractivity contribution is -0.133. The number of carbonyl (C=O) groups excluding carboxylic acids is 1. The first-order valence-electron chi connectivity index (χ1n) is 8.79. The van der Waals surface area contributed by atoms with Gasteiger partial charge in [0, 0.05) is 38.4 Å². The summed E-state index contributed by atoms with van der Waals surface area (Å²) in [4.78, 5) is 13.9. The van der Waals surface area contributed by atoms with E-state index in [-0.39, 0.29) is 44.2 Å². The number of halogens is 5. The van der Waals surface area contributed by atoms with Gasteiger partial charge in [0.2, 0.25) is 11.7 Å². The van der Waals surface area contributed by atoms with Gasteiger partial charge in [0.1, 0.15) is 6.17 Å². The number of hydrogen-bond acceptors (Lipinski definition) is 4. The molecule has 6 nitrogen and oxygen atoms in total. The Hall–Kier alpha value is -2.30. The Labute approximate surface area is 157 Å². The Morgan fingerprint density at radius 1 is 1.29 bits per heavy atom. The van der Waals surface area contributed by atoms with Crippen molar-refractivity contribution in [2.24, 2.45) is 11.7 Å². The first kappa shape index (κ1) is 20.4. The third-order valence-electron chi connectivity index (χ3n) is 4.81. The third-order valence-corrected chi connectivity index (χ3v) is 4.81. The van der Waals surface area contributed by atoms with Crippen molar-refractivity contribution in [3.63, 3.8) is 0 Å². The standard InChI is InChI=1S/C17H20F5N5O/c1-17(21,22)16-25-24-14-8-26(2-3-27(14)16)15(28)6-10(23)4-9-5-12(19)13(20)7-11(9)18/h5,7,9-11H,2-4,6,8,23H2,1H3. The van der Waals surface area contributed by atoms with Crippen LogP contribution in [0.4, 0.5) is 22.0 Å². The fourth-order valence-electron chi connectivity index (χ4n) is 3.38. The molecule has 11 heteroatoms. The predicted molar refractivity (Wildman–Crippen MR) is 89.0 cm³/mol. The highest BCUT2D eigenvalue weighted by Crippen LogP contribution is 2.30. The molecule has 0 aromatic carbocycles. The molecule has 3 unspecified atom stereocenters. The van der Waals surface area contributed by atoms with E-state index in [1.807, 2.05) is 0 Å². The molecule has 0 radical (unpaired) electrons. The smallest absolute Gasteiger partial charge is 0.304 e. The van der Waals surface area contributed by atoms with Crippen LogP contribution >= 0.6 is 0 Å². The van der Waals surface area contributed by atoms with Crippen molar-refractivity contribution in [1.29, 1.82) is 0 Å². The number of nitrogens with two attached hydrogens (primary N) is 1. The fourth-order valence-corrected chi connectivity index (χ4v) is 3.38. The van der Waals surface area contributed by atoms with Gasteiger partial charge in [-0.2, -0.15) is 8.78 Å². The normalized spacial score (nSPS) is 23.8. The van der Waals surface area contributed by atoms with E-state index in [1.54, 1.807) is 0 Å². The minimum Gasteiger partial charge on any atom is -0.333 e. The number of alkyl halides is 3. The molecule has 3 rings (SSSR count). The Balaban J connectivity index is 1.58. The predicted octanol–water partition coefficient (Wildman–Crippen LogP) is 2.51. The van der Waals surface area contributed by atoms with Crippen LogP contribution in [0, 0.1) is 5.92 Å². The molecule has 1 aliphatic heterocycles. The number of amides is 1. The average molecular weight is 405 g/mol. The van der Waals surface area contributed by atoms with Crippen molar-refractivity contribution in [2.45, 2.75) is 51.0 Å². The molecule has 1 aromatic heterocycles. The van der Waals surface area contributed by atoms with Gasteiger partial charge in [-0.1, -0.05) is 0 Å². The van der Waals surface area contributed by atoms with Crippen LogP contribution in [0.5, 0.6) is 0 Å². The van der Waals surface area contributed by atoms with E-state index in [2.05, 4.69) is 10.2 Å². The zero-order valence-corrected chi connectivity index (χ0v) is 15.1. The number of carbonyl (C=O) groups is 1. The molecule has 1 amide bonds. The maximum Gasteiger partial charge on any atom is 0.304 e. The second-order valence-corrected chi connectivity index (χ2v) is 7.13. The van der Waals surface area contributed by atoms with E-state index in [0.717, 1.165) is 13.0 Å². The van der Waals surface area contributed by atoms with Crippen LogP contribution in [0.3, 0.4) is 0 Å². The molecule has 0 spiro atoms. The molecule has 28 heavy (non-hydrogen) atoms. The largest absolute Gasteiger partial charge is 0.333 e. The van der Waals surface area contributed by atoms with Crippen LogP contribution in [0.2, 0.25) is 0 Å². The van der Waals surface area contributed by atoms with Crippen molar-refractivity contribution in [1.82, 2.24) is 19.7 Å². The molecule has 0 fully saturated rings. The van der Waals surface area contributed by atoms with Crippen LogP contribution in [-0.4, -0.2) is 44.3 Å². The molecule has 154 valence electrons. The lowest BCUT2D eigenvalue weighted by atomic mass is 9.90. The van der Waals surface area contributed by atoms with Crippen molar-refractivity contribution >= 4 is 5.91 Å². The Bertz CT molecular complexity index is 815. The van der Waals surface area contributed by atoms with Gasteiger partial charge in [-0.15, -0.1) is 10.2 Å². The molecule has 0 saturated carbocycles. The summed E-state index contributed by atoms with van der Waals surface area (Å²) in [6.45, 7) is 1.03. The quantitative estimate of drug-likeness (QED) is 0.764. The molecular formula is C17H20F5N5O. The van der Waals surface area contributed by atoms with Crippen LogP contribution in [0.1, 0.15) is 31.4 Å². The number of aromatic nitrogens is 3. The highest BCUT2D eigenvalue weighted by Gasteiger charge is 2.35. The topological polar surface area (TPSA) is 77.0 Å². The Morgan fingerprint density at radius 3 is 2.64 bits per heavy atom. The molecule has 0 saturated heterocycles. The van der Waals surface area contributed by atoms with E-state index >= 15 is 0 Å². The van der Waals surface area contributed by atoms with Gasteiger partial charge in [0.25, 0.3) is 0 Å². The second-order valence-electron chi connectivity index (χ2n) is 7.13. The number of allylic oxidation sites excluding steroid dienone is 4. The van der Waals surface area contributed by atoms with Crippen LogP contribution in [-0.2, 0) is 23.8 Å². The first-order valence-corrected chi connectivity index (χ1v) is 8.79. The van der Waals surface area contributed by atoms with Crippen molar-refractivity contribution in [3.8, 4) is 0 Å². The fraction of sp³-hybridized carbons (Fsp3) is 0.588. The van der Waals surface area contributed by atoms with Gasteiger partial charge in [-0.3, -0.25) is 4.79 Å². The summed E-state index contributed by atoms with van der Waals surface area (Å²) < 4.78 is 68.4. The van der Waals surface area contributed by atoms with E-state index in [0.29, 0.717) is 6.08 Å². The summed E-state index contributed by atoms with van der Waals surface area (Å²) in [7, 11) is 0. The number of rotatable bonds is 5. The minimum atomic E-state index is -3.14. The van der Waals surface area contributed by atoms with Gasteiger partial charge in [-0.05, 0) is 18.6 Å². The average Bonchev–Trinajstić information content (AvgIpc) is 3.03. The maximum absolute atomic E-state index is 13.8. The van der Waals surface area contributed by atoms with E-state index in [9.17, 15) is 26.7 Å². The first-order chi connectivity index (χ1) is 13.1. The highest BCUT2D eigenvalue weighted by molar-refractivity contribution is 5.76. The van der Waals surface area contributed by atoms with Gasteiger partial charge < -0.3 is 15.2 Å². The lowest BCUT2D eigenvalue weighted by Gasteiger charge is -2.30. The molecule has 3 atom stereocenters. The molecule has 1 aromatic rings. The summed E-state index contributed by atoms with van der Waals surface area (Å²) in [5, 5.41) is 7.22. The number of nitrogens with zero attached hydrogens (tertiary/aromatic N) is 4. The minimum absolute atomic E-state index is 0.00623. The molecule has 2 heterocycles. The van der Waals surface area contributed by atoms with Crippen molar-refractivity contribution in [2.75, 3.05) is 6.54 Å². The summed E-state index contributed by atoms with van der Waals surface area (Å²) in [5.74, 6) is -7.05. The third kappa shape index (κ3) is 4.23. The molecule has 0 bridgehead atoms. The lowest BCUT2D eigenvalue weighted by Crippen LogP contribution is -2.42. The van der Waals surface area contributed by atoms with Gasteiger partial charge in [0.05, 0.1) is 6.54 Å². The molecule has 2 N–H and O–H groups in total. The van der Waals surface area contributed by atoms with Gasteiger partial charge in [0.15, 0.2) is 17.5 Å². The molecular weight excluding hydrogens is 385 g/mol. The van der Waals surface area contributed by atoms with Crippen LogP contribution in [0.25, 0.3) is 0 Å². The maximum atomic E-state index is 13.8. The second kappa shape index (κ2) is 7.61. The molecule has 2 aliphatic rings. The Morgan fingerprint density at radius 2 is 1.96 bits per heavy atom. The summed E-state index contributed by atoms with van der Waals surface area (Å²) in [5.41, 5.74) is 5.90. The van der Waals surface area contributed by atoms with E-state index < -0.39 is 41.5 Å². The SMILES string of the molecule is CC(F)(F)c1nnc2n1CCN(C(=O)CC(N)CC1C=C(F)C(F)=CC1F)C2. The summed E-state index contributed by atoms with van der Waals surface area (Å²) >= 11 is 0. The van der Waals surface area contributed by atoms with E-state index in [4.69, 9.17) is 5.73 Å². The van der Waals surface area contributed by atoms with Crippen molar-refractivity contribution in [3.05, 3.63) is 35.5 Å². The van der Waals surface area contributed by atoms with Crippen molar-refractivity contribution < 1.29 is 26.7 Å². The summed E-state index contributed by atoms with van der Waals surface area (Å²) in [6, 6.07) is -0.773. The van der Waals surface area contributed by atoms with Crippen LogP contribution < -0.4 is 5.73 Å². The highest BCUT2D eigenvalue weighted by atomic mass is 19.3. The molecule has 1 aliphatic carbocycles. The number of fused-ring (bicyclic) bond motifs is 1. The van der Waals surface area contributed by atoms with Gasteiger partial charge in [-0.25, -0.2) is 13.2 Å². The van der Waals surface area contributed by atoms with Gasteiger partial charge >= 0.3 is 5.92 Å². The Kier molecular flexibility index (Phi) is 5.55. The monoisotopic (exact) mass is 405 g/mol.